The molecule has 0 aliphatic rings. The van der Waals surface area contributed by atoms with Crippen molar-refractivity contribution in [2.45, 2.75) is 6.54 Å². The standard InChI is InChI=1S/C17H13N5O4/c1-20-14-13(15(23)19-17(20)24)21(16(18-14)22(25)26)9-10-6-7-11-4-2-3-5-12(11)8-10/h2-8H,9H2,1H3,(H,19,23,24). The molecule has 0 unspecified atom stereocenters. The van der Waals surface area contributed by atoms with Gasteiger partial charge >= 0.3 is 11.6 Å². The normalized spacial score (nSPS) is 11.3. The van der Waals surface area contributed by atoms with Crippen molar-refractivity contribution in [3.8, 4) is 0 Å². The van der Waals surface area contributed by atoms with Crippen LogP contribution in [0.25, 0.3) is 21.9 Å². The summed E-state index contributed by atoms with van der Waals surface area (Å²) in [6, 6.07) is 13.4. The van der Waals surface area contributed by atoms with E-state index >= 15 is 0 Å². The van der Waals surface area contributed by atoms with Crippen LogP contribution >= 0.6 is 0 Å². The monoisotopic (exact) mass is 351 g/mol. The van der Waals surface area contributed by atoms with Crippen LogP contribution in [0.5, 0.6) is 0 Å². The zero-order valence-corrected chi connectivity index (χ0v) is 13.7. The van der Waals surface area contributed by atoms with Crippen LogP contribution in [0.15, 0.2) is 52.1 Å². The van der Waals surface area contributed by atoms with Gasteiger partial charge in [0.2, 0.25) is 5.52 Å². The van der Waals surface area contributed by atoms with Crippen molar-refractivity contribution in [1.82, 2.24) is 19.1 Å². The number of aryl methyl sites for hydroxylation is 1. The number of nitro groups is 1. The number of hydrogen-bond acceptors (Lipinski definition) is 5. The zero-order chi connectivity index (χ0) is 18.4. The first kappa shape index (κ1) is 15.8. The van der Waals surface area contributed by atoms with E-state index in [0.717, 1.165) is 20.9 Å². The third-order valence-corrected chi connectivity index (χ3v) is 4.30. The van der Waals surface area contributed by atoms with E-state index in [1.165, 1.54) is 11.6 Å². The molecule has 0 radical (unpaired) electrons. The molecule has 9 heteroatoms. The highest BCUT2D eigenvalue weighted by molar-refractivity contribution is 5.83. The number of nitrogens with one attached hydrogen (secondary N) is 1. The molecule has 0 spiro atoms. The summed E-state index contributed by atoms with van der Waals surface area (Å²) >= 11 is 0. The molecular weight excluding hydrogens is 338 g/mol. The maximum Gasteiger partial charge on any atom is 0.437 e. The van der Waals surface area contributed by atoms with Gasteiger partial charge in [0, 0.05) is 7.05 Å². The SMILES string of the molecule is Cn1c(=O)[nH]c(=O)c2c1nc([N+](=O)[O-])n2Cc1ccc2ccccc2c1. The Morgan fingerprint density at radius 1 is 1.15 bits per heavy atom. The van der Waals surface area contributed by atoms with E-state index in [0.29, 0.717) is 0 Å². The number of hydrogen-bond donors (Lipinski definition) is 1. The molecule has 4 rings (SSSR count). The first-order chi connectivity index (χ1) is 12.5. The number of H-pyrrole nitrogens is 1. The van der Waals surface area contributed by atoms with Crippen LogP contribution in [-0.4, -0.2) is 24.0 Å². The van der Waals surface area contributed by atoms with Crippen LogP contribution in [0.1, 0.15) is 5.56 Å². The van der Waals surface area contributed by atoms with Crippen LogP contribution in [-0.2, 0) is 13.6 Å². The minimum Gasteiger partial charge on any atom is -0.390 e. The highest BCUT2D eigenvalue weighted by Gasteiger charge is 2.27. The van der Waals surface area contributed by atoms with E-state index in [1.54, 1.807) is 0 Å². The molecule has 0 aliphatic heterocycles. The molecule has 0 amide bonds. The van der Waals surface area contributed by atoms with Crippen LogP contribution < -0.4 is 11.2 Å². The van der Waals surface area contributed by atoms with Gasteiger partial charge in [0.05, 0.1) is 6.54 Å². The van der Waals surface area contributed by atoms with Crippen LogP contribution in [0, 0.1) is 10.1 Å². The van der Waals surface area contributed by atoms with E-state index < -0.39 is 22.1 Å². The fourth-order valence-corrected chi connectivity index (χ4v) is 3.03. The second-order valence-electron chi connectivity index (χ2n) is 5.93. The number of aromatic amines is 1. The number of nitrogens with zero attached hydrogens (tertiary/aromatic N) is 4. The molecule has 2 aromatic heterocycles. The molecule has 130 valence electrons. The minimum absolute atomic E-state index is 0.00745. The van der Waals surface area contributed by atoms with Crippen LogP contribution in [0.3, 0.4) is 0 Å². The van der Waals surface area contributed by atoms with Gasteiger partial charge in [-0.3, -0.25) is 14.3 Å². The maximum atomic E-state index is 12.3. The summed E-state index contributed by atoms with van der Waals surface area (Å²) in [7, 11) is 1.40. The summed E-state index contributed by atoms with van der Waals surface area (Å²) in [5.41, 5.74) is -0.630. The van der Waals surface area contributed by atoms with Gasteiger partial charge in [-0.2, -0.15) is 0 Å². The Balaban J connectivity index is 1.96. The summed E-state index contributed by atoms with van der Waals surface area (Å²) < 4.78 is 2.30. The Labute approximate surface area is 145 Å². The average Bonchev–Trinajstić information content (AvgIpc) is 3.00. The lowest BCUT2D eigenvalue weighted by Crippen LogP contribution is -2.29. The molecule has 2 aromatic carbocycles. The molecule has 0 saturated heterocycles. The summed E-state index contributed by atoms with van der Waals surface area (Å²) in [6.45, 7) is 0.0823. The number of fused-ring (bicyclic) bond motifs is 2. The largest absolute Gasteiger partial charge is 0.437 e. The number of rotatable bonds is 3. The molecule has 26 heavy (non-hydrogen) atoms. The molecule has 0 aliphatic carbocycles. The van der Waals surface area contributed by atoms with E-state index in [4.69, 9.17) is 0 Å². The molecule has 9 nitrogen and oxygen atoms in total. The summed E-state index contributed by atoms with van der Waals surface area (Å²) in [6.07, 6.45) is 0. The summed E-state index contributed by atoms with van der Waals surface area (Å²) in [5.74, 6) is -0.486. The Bertz CT molecular complexity index is 1300. The Morgan fingerprint density at radius 2 is 1.88 bits per heavy atom. The average molecular weight is 351 g/mol. The number of aromatic nitrogens is 4. The fourth-order valence-electron chi connectivity index (χ4n) is 3.03. The van der Waals surface area contributed by atoms with E-state index in [2.05, 4.69) is 9.97 Å². The van der Waals surface area contributed by atoms with Crippen molar-refractivity contribution in [3.05, 3.63) is 79.0 Å². The van der Waals surface area contributed by atoms with Gasteiger partial charge in [0.15, 0.2) is 0 Å². The fraction of sp³-hybridized carbons (Fsp3) is 0.118. The first-order valence-electron chi connectivity index (χ1n) is 7.77. The predicted molar refractivity (Wildman–Crippen MR) is 95.3 cm³/mol. The van der Waals surface area contributed by atoms with Gasteiger partial charge in [0.25, 0.3) is 11.2 Å². The smallest absolute Gasteiger partial charge is 0.390 e. The second-order valence-corrected chi connectivity index (χ2v) is 5.93. The van der Waals surface area contributed by atoms with Crippen LogP contribution in [0.4, 0.5) is 5.95 Å². The molecule has 0 bridgehead atoms. The third-order valence-electron chi connectivity index (χ3n) is 4.30. The topological polar surface area (TPSA) is 116 Å². The van der Waals surface area contributed by atoms with Gasteiger partial charge in [-0.25, -0.2) is 9.36 Å². The molecule has 0 fully saturated rings. The van der Waals surface area contributed by atoms with Crippen molar-refractivity contribution in [1.29, 1.82) is 0 Å². The molecule has 0 saturated carbocycles. The van der Waals surface area contributed by atoms with Crippen molar-refractivity contribution in [2.24, 2.45) is 7.05 Å². The van der Waals surface area contributed by atoms with Crippen molar-refractivity contribution in [2.75, 3.05) is 0 Å². The molecule has 4 aromatic rings. The molecule has 0 atom stereocenters. The lowest BCUT2D eigenvalue weighted by Gasteiger charge is -2.05. The van der Waals surface area contributed by atoms with E-state index in [9.17, 15) is 19.7 Å². The lowest BCUT2D eigenvalue weighted by molar-refractivity contribution is -0.396. The number of benzene rings is 2. The Morgan fingerprint density at radius 3 is 2.62 bits per heavy atom. The van der Waals surface area contributed by atoms with E-state index in [1.807, 2.05) is 42.5 Å². The van der Waals surface area contributed by atoms with Crippen molar-refractivity contribution in [3.63, 3.8) is 0 Å². The quantitative estimate of drug-likeness (QED) is 0.444. The minimum atomic E-state index is -0.704. The third kappa shape index (κ3) is 2.37. The second kappa shape index (κ2) is 5.66. The summed E-state index contributed by atoms with van der Waals surface area (Å²) in [5, 5.41) is 13.5. The zero-order valence-electron chi connectivity index (χ0n) is 13.7. The van der Waals surface area contributed by atoms with Crippen molar-refractivity contribution >= 4 is 27.9 Å². The highest BCUT2D eigenvalue weighted by Crippen LogP contribution is 2.21. The van der Waals surface area contributed by atoms with Gasteiger partial charge in [-0.15, -0.1) is 0 Å². The first-order valence-corrected chi connectivity index (χ1v) is 7.77. The van der Waals surface area contributed by atoms with Crippen molar-refractivity contribution < 1.29 is 4.92 Å². The van der Waals surface area contributed by atoms with Gasteiger partial charge in [-0.05, 0) is 32.3 Å². The van der Waals surface area contributed by atoms with E-state index in [-0.39, 0.29) is 17.7 Å². The van der Waals surface area contributed by atoms with Gasteiger partial charge in [0.1, 0.15) is 0 Å². The van der Waals surface area contributed by atoms with Gasteiger partial charge < -0.3 is 10.1 Å². The highest BCUT2D eigenvalue weighted by atomic mass is 16.6. The summed E-state index contributed by atoms with van der Waals surface area (Å²) in [4.78, 5) is 40.8. The predicted octanol–water partition coefficient (Wildman–Crippen LogP) is 1.53. The Hall–Kier alpha value is -3.75. The molecule has 2 heterocycles. The van der Waals surface area contributed by atoms with Crippen LogP contribution in [0.2, 0.25) is 0 Å². The maximum absolute atomic E-state index is 12.3. The molecular formula is C17H13N5O4. The lowest BCUT2D eigenvalue weighted by atomic mass is 10.1. The Kier molecular flexibility index (Phi) is 3.43. The molecule has 1 N–H and O–H groups in total. The number of imidazole rings is 1. The van der Waals surface area contributed by atoms with Gasteiger partial charge in [-0.1, -0.05) is 36.4 Å².